The normalized spacial score (nSPS) is 16.9. The fourth-order valence-corrected chi connectivity index (χ4v) is 4.73. The SMILES string of the molecule is O=C(Cc1ccc(P)cc1)NC1=NC2C=C(N=C1c1ccc(O)cc1)c1ccc(P)cc1CC2. The van der Waals surface area contributed by atoms with Crippen molar-refractivity contribution in [3.8, 4) is 5.75 Å². The van der Waals surface area contributed by atoms with Crippen LogP contribution in [0.4, 0.5) is 0 Å². The summed E-state index contributed by atoms with van der Waals surface area (Å²) in [5.74, 6) is 0.487. The molecule has 1 amide bonds. The van der Waals surface area contributed by atoms with Crippen LogP contribution in [0.2, 0.25) is 0 Å². The van der Waals surface area contributed by atoms with Gasteiger partial charge in [-0.2, -0.15) is 0 Å². The predicted octanol–water partition coefficient (Wildman–Crippen LogP) is 3.31. The smallest absolute Gasteiger partial charge is 0.229 e. The molecule has 1 aliphatic heterocycles. The van der Waals surface area contributed by atoms with Gasteiger partial charge in [0.1, 0.15) is 11.5 Å². The van der Waals surface area contributed by atoms with E-state index in [1.807, 2.05) is 24.3 Å². The summed E-state index contributed by atoms with van der Waals surface area (Å²) in [4.78, 5) is 23.0. The molecule has 5 rings (SSSR count). The van der Waals surface area contributed by atoms with E-state index in [0.717, 1.165) is 45.8 Å². The van der Waals surface area contributed by atoms with Gasteiger partial charge >= 0.3 is 0 Å². The molecule has 0 fully saturated rings. The van der Waals surface area contributed by atoms with E-state index in [4.69, 9.17) is 9.98 Å². The van der Waals surface area contributed by atoms with Crippen molar-refractivity contribution in [1.29, 1.82) is 0 Å². The Labute approximate surface area is 203 Å². The maximum Gasteiger partial charge on any atom is 0.229 e. The average molecular weight is 485 g/mol. The second kappa shape index (κ2) is 9.62. The van der Waals surface area contributed by atoms with Crippen LogP contribution in [0.15, 0.2) is 82.8 Å². The molecule has 7 heteroatoms. The van der Waals surface area contributed by atoms with E-state index in [9.17, 15) is 9.90 Å². The molecule has 34 heavy (non-hydrogen) atoms. The lowest BCUT2D eigenvalue weighted by molar-refractivity contribution is -0.119. The van der Waals surface area contributed by atoms with Gasteiger partial charge < -0.3 is 10.4 Å². The molecule has 3 aromatic rings. The maximum absolute atomic E-state index is 13.0. The second-order valence-corrected chi connectivity index (χ2v) is 9.86. The van der Waals surface area contributed by atoms with Gasteiger partial charge in [-0.1, -0.05) is 42.5 Å². The van der Waals surface area contributed by atoms with Crippen molar-refractivity contribution in [2.45, 2.75) is 25.3 Å². The molecule has 5 nitrogen and oxygen atoms in total. The number of aryl methyl sites for hydroxylation is 1. The molecule has 1 aliphatic carbocycles. The van der Waals surface area contributed by atoms with E-state index in [-0.39, 0.29) is 24.1 Å². The highest BCUT2D eigenvalue weighted by Crippen LogP contribution is 2.30. The number of carbonyl (C=O) groups excluding carboxylic acids is 1. The number of hydrogen-bond donors (Lipinski definition) is 2. The van der Waals surface area contributed by atoms with Crippen molar-refractivity contribution in [3.05, 3.63) is 95.1 Å². The van der Waals surface area contributed by atoms with E-state index in [1.54, 1.807) is 24.3 Å². The molecule has 3 unspecified atom stereocenters. The van der Waals surface area contributed by atoms with Gasteiger partial charge in [0.05, 0.1) is 18.2 Å². The number of fused-ring (bicyclic) bond motifs is 3. The Balaban J connectivity index is 1.52. The number of nitrogens with one attached hydrogen (secondary N) is 1. The van der Waals surface area contributed by atoms with Gasteiger partial charge in [-0.05, 0) is 64.9 Å². The zero-order valence-corrected chi connectivity index (χ0v) is 20.8. The largest absolute Gasteiger partial charge is 0.508 e. The molecule has 2 N–H and O–H groups in total. The van der Waals surface area contributed by atoms with Crippen LogP contribution < -0.4 is 15.9 Å². The fourth-order valence-electron chi connectivity index (χ4n) is 4.24. The van der Waals surface area contributed by atoms with Crippen molar-refractivity contribution < 1.29 is 9.90 Å². The average Bonchev–Trinajstić information content (AvgIpc) is 3.09. The highest BCUT2D eigenvalue weighted by atomic mass is 31.0. The highest BCUT2D eigenvalue weighted by molar-refractivity contribution is 7.27. The molecule has 0 spiro atoms. The number of carbonyl (C=O) groups is 1. The summed E-state index contributed by atoms with van der Waals surface area (Å²) >= 11 is 0. The fraction of sp³-hybridized carbons (Fsp3) is 0.148. The quantitative estimate of drug-likeness (QED) is 0.559. The van der Waals surface area contributed by atoms with E-state index < -0.39 is 0 Å². The first kappa shape index (κ1) is 22.7. The molecule has 3 atom stereocenters. The minimum atomic E-state index is -0.144. The summed E-state index contributed by atoms with van der Waals surface area (Å²) in [6.45, 7) is 0. The standard InChI is InChI=1S/C27H25N3O2P2/c31-20-7-4-17(5-8-20)26-27(30-25(32)13-16-1-9-21(33)10-2-16)28-19-6-3-18-14-22(34)11-12-23(18)24(15-19)29-26/h1-2,4-5,7-12,14-15,19,31H,3,6,13,33-34H2,(H,28,30,32). The van der Waals surface area contributed by atoms with E-state index in [1.165, 1.54) is 5.56 Å². The molecule has 2 bridgehead atoms. The molecule has 2 aliphatic rings. The summed E-state index contributed by atoms with van der Waals surface area (Å²) < 4.78 is 0. The Morgan fingerprint density at radius 3 is 2.50 bits per heavy atom. The molecule has 0 saturated carbocycles. The van der Waals surface area contributed by atoms with Crippen LogP contribution in [0.3, 0.4) is 0 Å². The Hall–Kier alpha value is -3.13. The van der Waals surface area contributed by atoms with E-state index in [2.05, 4.69) is 48.1 Å². The third-order valence-corrected chi connectivity index (χ3v) is 6.70. The third kappa shape index (κ3) is 5.01. The number of hydrogen-bond acceptors (Lipinski definition) is 4. The number of amides is 1. The second-order valence-electron chi connectivity index (χ2n) is 8.53. The van der Waals surface area contributed by atoms with Gasteiger partial charge in [-0.3, -0.25) is 9.79 Å². The Bertz CT molecular complexity index is 1340. The summed E-state index contributed by atoms with van der Waals surface area (Å²) in [5, 5.41) is 15.0. The minimum absolute atomic E-state index is 0.0968. The summed E-state index contributed by atoms with van der Waals surface area (Å²) in [7, 11) is 5.40. The Kier molecular flexibility index (Phi) is 6.41. The lowest BCUT2D eigenvalue weighted by Crippen LogP contribution is -2.38. The lowest BCUT2D eigenvalue weighted by atomic mass is 10.0. The first-order chi connectivity index (χ1) is 16.4. The number of benzene rings is 3. The number of rotatable bonds is 3. The van der Waals surface area contributed by atoms with E-state index in [0.29, 0.717) is 11.5 Å². The molecule has 3 aromatic carbocycles. The monoisotopic (exact) mass is 485 g/mol. The zero-order chi connectivity index (χ0) is 23.7. The van der Waals surface area contributed by atoms with Gasteiger partial charge in [0, 0.05) is 11.1 Å². The molecule has 1 heterocycles. The molecular formula is C27H25N3O2P2. The molecule has 0 aromatic heterocycles. The Morgan fingerprint density at radius 1 is 1.00 bits per heavy atom. The van der Waals surface area contributed by atoms with Crippen LogP contribution in [0, 0.1) is 0 Å². The van der Waals surface area contributed by atoms with Crippen LogP contribution in [-0.2, 0) is 17.6 Å². The Morgan fingerprint density at radius 2 is 1.74 bits per heavy atom. The number of aliphatic imine (C=N–C) groups is 2. The predicted molar refractivity (Wildman–Crippen MR) is 146 cm³/mol. The number of amidine groups is 1. The third-order valence-electron chi connectivity index (χ3n) is 5.96. The van der Waals surface area contributed by atoms with Crippen LogP contribution >= 0.6 is 18.5 Å². The highest BCUT2D eigenvalue weighted by Gasteiger charge is 2.25. The van der Waals surface area contributed by atoms with Crippen LogP contribution in [-0.4, -0.2) is 28.6 Å². The van der Waals surface area contributed by atoms with Gasteiger partial charge in [-0.15, -0.1) is 18.5 Å². The van der Waals surface area contributed by atoms with E-state index >= 15 is 0 Å². The van der Waals surface area contributed by atoms with Crippen molar-refractivity contribution in [3.63, 3.8) is 0 Å². The van der Waals surface area contributed by atoms with Crippen molar-refractivity contribution in [2.24, 2.45) is 9.98 Å². The van der Waals surface area contributed by atoms with Crippen molar-refractivity contribution in [1.82, 2.24) is 5.32 Å². The van der Waals surface area contributed by atoms with Gasteiger partial charge in [-0.25, -0.2) is 4.99 Å². The molecule has 0 radical (unpaired) electrons. The number of phenolic OH excluding ortho intramolecular Hbond substituents is 1. The minimum Gasteiger partial charge on any atom is -0.508 e. The summed E-state index contributed by atoms with van der Waals surface area (Å²) in [6, 6.07) is 20.9. The van der Waals surface area contributed by atoms with Crippen molar-refractivity contribution in [2.75, 3.05) is 0 Å². The van der Waals surface area contributed by atoms with Gasteiger partial charge in [0.25, 0.3) is 0 Å². The summed E-state index contributed by atoms with van der Waals surface area (Å²) in [6.07, 6.45) is 4.06. The first-order valence-electron chi connectivity index (χ1n) is 11.2. The number of aromatic hydroxyl groups is 1. The lowest BCUT2D eigenvalue weighted by Gasteiger charge is -2.15. The molecular weight excluding hydrogens is 460 g/mol. The number of phenols is 1. The molecule has 0 saturated heterocycles. The van der Waals surface area contributed by atoms with Crippen molar-refractivity contribution >= 4 is 52.2 Å². The first-order valence-corrected chi connectivity index (χ1v) is 12.3. The van der Waals surface area contributed by atoms with Crippen LogP contribution in [0.1, 0.15) is 28.7 Å². The van der Waals surface area contributed by atoms with Gasteiger partial charge in [0.15, 0.2) is 5.84 Å². The maximum atomic E-state index is 13.0. The summed E-state index contributed by atoms with van der Waals surface area (Å²) in [5.41, 5.74) is 5.49. The van der Waals surface area contributed by atoms with Crippen LogP contribution in [0.25, 0.3) is 5.70 Å². The van der Waals surface area contributed by atoms with Gasteiger partial charge in [0.2, 0.25) is 5.91 Å². The molecule has 170 valence electrons. The van der Waals surface area contributed by atoms with Crippen LogP contribution in [0.5, 0.6) is 5.75 Å². The topological polar surface area (TPSA) is 74.0 Å². The number of nitrogens with zero attached hydrogens (tertiary/aromatic N) is 2. The zero-order valence-electron chi connectivity index (χ0n) is 18.5.